The van der Waals surface area contributed by atoms with Gasteiger partial charge in [-0.25, -0.2) is 4.98 Å². The number of nitrogens with one attached hydrogen (secondary N) is 2. The van der Waals surface area contributed by atoms with Gasteiger partial charge in [-0.1, -0.05) is 56.8 Å². The number of hydrogen-bond acceptors (Lipinski definition) is 3. The maximum absolute atomic E-state index is 4.27. The Morgan fingerprint density at radius 1 is 1.24 bits per heavy atom. The summed E-state index contributed by atoms with van der Waals surface area (Å²) >= 11 is 1.76. The van der Waals surface area contributed by atoms with Crippen LogP contribution in [0.1, 0.15) is 37.9 Å². The minimum absolute atomic E-state index is 0.359. The second kappa shape index (κ2) is 8.25. The van der Waals surface area contributed by atoms with Gasteiger partial charge >= 0.3 is 0 Å². The van der Waals surface area contributed by atoms with Crippen LogP contribution in [0.2, 0.25) is 0 Å². The van der Waals surface area contributed by atoms with Gasteiger partial charge in [-0.2, -0.15) is 0 Å². The molecule has 21 heavy (non-hydrogen) atoms. The standard InChI is InChI=1S/C17H25N3S/c1-4-18-16(12-21-17-19-9-10-20-17)15-7-5-14(6-8-15)11-13(2)3/h5-10,13,16,18H,4,11-12H2,1-3H3,(H,19,20). The molecular formula is C17H25N3S. The first-order chi connectivity index (χ1) is 10.2. The molecule has 1 aromatic carbocycles. The van der Waals surface area contributed by atoms with Crippen LogP contribution in [0.4, 0.5) is 0 Å². The van der Waals surface area contributed by atoms with Gasteiger partial charge in [-0.3, -0.25) is 0 Å². The zero-order valence-corrected chi connectivity index (χ0v) is 13.9. The molecule has 1 unspecified atom stereocenters. The number of imidazole rings is 1. The zero-order chi connectivity index (χ0) is 15.1. The first-order valence-corrected chi connectivity index (χ1v) is 8.62. The summed E-state index contributed by atoms with van der Waals surface area (Å²) in [6.45, 7) is 7.64. The van der Waals surface area contributed by atoms with Gasteiger partial charge < -0.3 is 10.3 Å². The summed E-state index contributed by atoms with van der Waals surface area (Å²) in [5, 5.41) is 4.54. The third-order valence-corrected chi connectivity index (χ3v) is 4.33. The van der Waals surface area contributed by atoms with Crippen LogP contribution in [-0.2, 0) is 6.42 Å². The molecule has 0 aliphatic rings. The van der Waals surface area contributed by atoms with Crippen molar-refractivity contribution in [3.8, 4) is 0 Å². The lowest BCUT2D eigenvalue weighted by atomic mass is 10.00. The second-order valence-corrected chi connectivity index (χ2v) is 6.66. The van der Waals surface area contributed by atoms with E-state index in [1.807, 2.05) is 6.20 Å². The quantitative estimate of drug-likeness (QED) is 0.723. The molecule has 4 heteroatoms. The highest BCUT2D eigenvalue weighted by molar-refractivity contribution is 7.99. The summed E-state index contributed by atoms with van der Waals surface area (Å²) in [7, 11) is 0. The summed E-state index contributed by atoms with van der Waals surface area (Å²) in [6, 6.07) is 9.40. The molecule has 0 bridgehead atoms. The Morgan fingerprint density at radius 2 is 2.00 bits per heavy atom. The number of H-pyrrole nitrogens is 1. The Morgan fingerprint density at radius 3 is 2.57 bits per heavy atom. The van der Waals surface area contributed by atoms with E-state index >= 15 is 0 Å². The summed E-state index contributed by atoms with van der Waals surface area (Å²) in [5.41, 5.74) is 2.77. The fourth-order valence-corrected chi connectivity index (χ4v) is 3.29. The van der Waals surface area contributed by atoms with Crippen LogP contribution in [0.25, 0.3) is 0 Å². The summed E-state index contributed by atoms with van der Waals surface area (Å²) in [4.78, 5) is 7.41. The molecule has 0 fully saturated rings. The van der Waals surface area contributed by atoms with E-state index in [-0.39, 0.29) is 0 Å². The Hall–Kier alpha value is -1.26. The van der Waals surface area contributed by atoms with Crippen LogP contribution in [-0.4, -0.2) is 22.3 Å². The molecule has 1 atom stereocenters. The fraction of sp³-hybridized carbons (Fsp3) is 0.471. The molecule has 0 aliphatic heterocycles. The normalized spacial score (nSPS) is 12.8. The van der Waals surface area contributed by atoms with Crippen molar-refractivity contribution in [3.63, 3.8) is 0 Å². The molecule has 0 spiro atoms. The molecule has 0 amide bonds. The molecule has 0 saturated heterocycles. The first kappa shape index (κ1) is 16.1. The highest BCUT2D eigenvalue weighted by Gasteiger charge is 2.11. The minimum atomic E-state index is 0.359. The first-order valence-electron chi connectivity index (χ1n) is 7.63. The second-order valence-electron chi connectivity index (χ2n) is 5.66. The molecule has 2 N–H and O–H groups in total. The van der Waals surface area contributed by atoms with Crippen molar-refractivity contribution < 1.29 is 0 Å². The van der Waals surface area contributed by atoms with Gasteiger partial charge in [0.25, 0.3) is 0 Å². The lowest BCUT2D eigenvalue weighted by Crippen LogP contribution is -2.23. The lowest BCUT2D eigenvalue weighted by Gasteiger charge is -2.18. The van der Waals surface area contributed by atoms with Crippen LogP contribution in [0, 0.1) is 5.92 Å². The number of aromatic amines is 1. The molecule has 1 heterocycles. The number of thioether (sulfide) groups is 1. The van der Waals surface area contributed by atoms with Gasteiger partial charge in [0.2, 0.25) is 0 Å². The van der Waals surface area contributed by atoms with Gasteiger partial charge in [-0.15, -0.1) is 0 Å². The smallest absolute Gasteiger partial charge is 0.165 e. The highest BCUT2D eigenvalue weighted by atomic mass is 32.2. The number of hydrogen-bond donors (Lipinski definition) is 2. The lowest BCUT2D eigenvalue weighted by molar-refractivity contribution is 0.604. The fourth-order valence-electron chi connectivity index (χ4n) is 2.37. The Kier molecular flexibility index (Phi) is 6.33. The Bertz CT molecular complexity index is 505. The molecule has 0 saturated carbocycles. The van der Waals surface area contributed by atoms with E-state index in [0.717, 1.165) is 23.9 Å². The minimum Gasteiger partial charge on any atom is -0.340 e. The van der Waals surface area contributed by atoms with E-state index in [1.54, 1.807) is 18.0 Å². The highest BCUT2D eigenvalue weighted by Crippen LogP contribution is 2.23. The maximum Gasteiger partial charge on any atom is 0.165 e. The Labute approximate surface area is 132 Å². The van der Waals surface area contributed by atoms with Crippen molar-refractivity contribution in [2.45, 2.75) is 38.4 Å². The average Bonchev–Trinajstić information content (AvgIpc) is 2.97. The SMILES string of the molecule is CCNC(CSc1ncc[nH]1)c1ccc(CC(C)C)cc1. The Balaban J connectivity index is 1.99. The predicted octanol–water partition coefficient (Wildman–Crippen LogP) is 4.05. The van der Waals surface area contributed by atoms with Gasteiger partial charge in [0.1, 0.15) is 0 Å². The number of nitrogens with zero attached hydrogens (tertiary/aromatic N) is 1. The molecule has 0 radical (unpaired) electrons. The molecule has 114 valence electrons. The molecule has 1 aromatic heterocycles. The number of rotatable bonds is 8. The molecule has 0 aliphatic carbocycles. The zero-order valence-electron chi connectivity index (χ0n) is 13.1. The largest absolute Gasteiger partial charge is 0.340 e. The predicted molar refractivity (Wildman–Crippen MR) is 90.7 cm³/mol. The van der Waals surface area contributed by atoms with Gasteiger partial charge in [0.05, 0.1) is 0 Å². The van der Waals surface area contributed by atoms with E-state index in [4.69, 9.17) is 0 Å². The molecular weight excluding hydrogens is 278 g/mol. The average molecular weight is 303 g/mol. The van der Waals surface area contributed by atoms with Crippen LogP contribution < -0.4 is 5.32 Å². The van der Waals surface area contributed by atoms with Crippen molar-refractivity contribution in [1.29, 1.82) is 0 Å². The monoisotopic (exact) mass is 303 g/mol. The van der Waals surface area contributed by atoms with E-state index in [0.29, 0.717) is 12.0 Å². The summed E-state index contributed by atoms with van der Waals surface area (Å²) in [5.74, 6) is 1.68. The van der Waals surface area contributed by atoms with Gasteiger partial charge in [0, 0.05) is 24.2 Å². The van der Waals surface area contributed by atoms with Crippen molar-refractivity contribution in [3.05, 3.63) is 47.8 Å². The topological polar surface area (TPSA) is 40.7 Å². The molecule has 2 rings (SSSR count). The van der Waals surface area contributed by atoms with E-state index in [2.05, 4.69) is 60.3 Å². The summed E-state index contributed by atoms with van der Waals surface area (Å²) < 4.78 is 0. The van der Waals surface area contributed by atoms with Crippen LogP contribution in [0.5, 0.6) is 0 Å². The molecule has 2 aromatic rings. The van der Waals surface area contributed by atoms with Gasteiger partial charge in [0.15, 0.2) is 5.16 Å². The van der Waals surface area contributed by atoms with Crippen LogP contribution >= 0.6 is 11.8 Å². The van der Waals surface area contributed by atoms with Crippen LogP contribution in [0.3, 0.4) is 0 Å². The van der Waals surface area contributed by atoms with Crippen LogP contribution in [0.15, 0.2) is 41.8 Å². The van der Waals surface area contributed by atoms with Crippen molar-refractivity contribution in [1.82, 2.24) is 15.3 Å². The number of aromatic nitrogens is 2. The van der Waals surface area contributed by atoms with E-state index < -0.39 is 0 Å². The third kappa shape index (κ3) is 5.21. The third-order valence-electron chi connectivity index (χ3n) is 3.34. The van der Waals surface area contributed by atoms with Crippen molar-refractivity contribution in [2.24, 2.45) is 5.92 Å². The van der Waals surface area contributed by atoms with E-state index in [1.165, 1.54) is 11.1 Å². The number of benzene rings is 1. The summed E-state index contributed by atoms with van der Waals surface area (Å²) in [6.07, 6.45) is 4.81. The molecule has 3 nitrogen and oxygen atoms in total. The maximum atomic E-state index is 4.27. The van der Waals surface area contributed by atoms with Crippen molar-refractivity contribution >= 4 is 11.8 Å². The van der Waals surface area contributed by atoms with Gasteiger partial charge in [-0.05, 0) is 30.0 Å². The van der Waals surface area contributed by atoms with Crippen molar-refractivity contribution in [2.75, 3.05) is 12.3 Å². The van der Waals surface area contributed by atoms with E-state index in [9.17, 15) is 0 Å².